The van der Waals surface area contributed by atoms with Crippen LogP contribution < -0.4 is 33.2 Å². The molecule has 0 aliphatic heterocycles. The van der Waals surface area contributed by atoms with Crippen molar-refractivity contribution in [2.45, 2.75) is 57.3 Å². The third kappa shape index (κ3) is 10.7. The van der Waals surface area contributed by atoms with E-state index in [0.717, 1.165) is 5.56 Å². The summed E-state index contributed by atoms with van der Waals surface area (Å²) in [6.07, 6.45) is 0.443. The van der Waals surface area contributed by atoms with Crippen molar-refractivity contribution in [2.75, 3.05) is 13.2 Å². The van der Waals surface area contributed by atoms with Gasteiger partial charge in [-0.25, -0.2) is 4.79 Å². The first-order valence-electron chi connectivity index (χ1n) is 11.6. The maximum absolute atomic E-state index is 13.1. The quantitative estimate of drug-likeness (QED) is 0.0729. The van der Waals surface area contributed by atoms with Gasteiger partial charge in [-0.3, -0.25) is 19.4 Å². The van der Waals surface area contributed by atoms with Gasteiger partial charge in [0.15, 0.2) is 5.96 Å². The monoisotopic (exact) mass is 507 g/mol. The molecule has 0 aliphatic rings. The van der Waals surface area contributed by atoms with Gasteiger partial charge in [-0.1, -0.05) is 44.2 Å². The maximum Gasteiger partial charge on any atom is 0.326 e. The van der Waals surface area contributed by atoms with E-state index in [9.17, 15) is 24.3 Å². The number of rotatable bonds is 15. The highest BCUT2D eigenvalue weighted by molar-refractivity contribution is 5.94. The van der Waals surface area contributed by atoms with E-state index in [-0.39, 0.29) is 31.3 Å². The van der Waals surface area contributed by atoms with Crippen LogP contribution in [0.4, 0.5) is 0 Å². The van der Waals surface area contributed by atoms with Gasteiger partial charge in [-0.05, 0) is 24.3 Å². The van der Waals surface area contributed by atoms with E-state index in [1.807, 2.05) is 0 Å². The number of carboxylic acids is 1. The lowest BCUT2D eigenvalue weighted by atomic mass is 10.00. The second kappa shape index (κ2) is 15.3. The molecule has 0 saturated carbocycles. The summed E-state index contributed by atoms with van der Waals surface area (Å²) in [6, 6.07) is 4.23. The van der Waals surface area contributed by atoms with Crippen molar-refractivity contribution in [3.05, 3.63) is 35.9 Å². The molecule has 36 heavy (non-hydrogen) atoms. The molecule has 0 bridgehead atoms. The fraction of sp³-hybridized carbons (Fsp3) is 0.522. The van der Waals surface area contributed by atoms with Gasteiger partial charge in [0.1, 0.15) is 24.2 Å². The zero-order valence-corrected chi connectivity index (χ0v) is 20.5. The lowest BCUT2D eigenvalue weighted by Crippen LogP contribution is -2.59. The minimum Gasteiger partial charge on any atom is -0.480 e. The van der Waals surface area contributed by atoms with Crippen LogP contribution in [-0.4, -0.2) is 77.2 Å². The zero-order chi connectivity index (χ0) is 27.3. The number of hydrogen-bond acceptors (Lipinski definition) is 7. The minimum absolute atomic E-state index is 0.0631. The van der Waals surface area contributed by atoms with E-state index < -0.39 is 54.5 Å². The van der Waals surface area contributed by atoms with Gasteiger partial charge >= 0.3 is 5.97 Å². The molecule has 4 atom stereocenters. The first kappa shape index (κ1) is 30.3. The number of aliphatic imine (C=N–C) groups is 1. The number of aliphatic hydroxyl groups is 1. The molecule has 11 N–H and O–H groups in total. The van der Waals surface area contributed by atoms with Crippen LogP contribution in [-0.2, 0) is 25.6 Å². The van der Waals surface area contributed by atoms with E-state index in [1.165, 1.54) is 0 Å². The van der Waals surface area contributed by atoms with Gasteiger partial charge in [0.2, 0.25) is 17.7 Å². The molecule has 4 unspecified atom stereocenters. The average Bonchev–Trinajstić information content (AvgIpc) is 2.83. The van der Waals surface area contributed by atoms with Crippen LogP contribution in [0.1, 0.15) is 32.3 Å². The molecular weight excluding hydrogens is 470 g/mol. The Morgan fingerprint density at radius 3 is 2.08 bits per heavy atom. The first-order valence-corrected chi connectivity index (χ1v) is 11.6. The predicted octanol–water partition coefficient (Wildman–Crippen LogP) is -2.20. The molecule has 3 amide bonds. The summed E-state index contributed by atoms with van der Waals surface area (Å²) in [4.78, 5) is 53.8. The van der Waals surface area contributed by atoms with Crippen molar-refractivity contribution < 1.29 is 29.4 Å². The molecule has 0 heterocycles. The summed E-state index contributed by atoms with van der Waals surface area (Å²) in [5.41, 5.74) is 16.8. The Morgan fingerprint density at radius 2 is 1.56 bits per heavy atom. The largest absolute Gasteiger partial charge is 0.480 e. The standard InChI is InChI=1S/C23H37N7O6/c1-13(2)18(30-19(32)15(24)12-31)21(34)29-17(11-14-7-4-3-5-8-14)20(33)28-16(22(35)36)9-6-10-27-23(25)26/h3-5,7-8,13,15-18,31H,6,9-12,24H2,1-2H3,(H,28,33)(H,29,34)(H,30,32)(H,35,36)(H4,25,26,27). The molecule has 13 heteroatoms. The Balaban J connectivity index is 3.05. The number of guanidine groups is 1. The Kier molecular flexibility index (Phi) is 12.9. The summed E-state index contributed by atoms with van der Waals surface area (Å²) >= 11 is 0. The van der Waals surface area contributed by atoms with Crippen LogP contribution in [0.5, 0.6) is 0 Å². The molecule has 1 rings (SSSR count). The fourth-order valence-corrected chi connectivity index (χ4v) is 3.23. The van der Waals surface area contributed by atoms with Crippen LogP contribution in [0.3, 0.4) is 0 Å². The van der Waals surface area contributed by atoms with Crippen LogP contribution in [0.15, 0.2) is 35.3 Å². The third-order valence-corrected chi connectivity index (χ3v) is 5.26. The summed E-state index contributed by atoms with van der Waals surface area (Å²) in [5.74, 6) is -3.82. The Morgan fingerprint density at radius 1 is 0.944 bits per heavy atom. The first-order chi connectivity index (χ1) is 17.0. The molecule has 0 aromatic heterocycles. The predicted molar refractivity (Wildman–Crippen MR) is 133 cm³/mol. The second-order valence-corrected chi connectivity index (χ2v) is 8.62. The number of amides is 3. The minimum atomic E-state index is -1.25. The molecule has 13 nitrogen and oxygen atoms in total. The number of carbonyl (C=O) groups excluding carboxylic acids is 3. The Labute approximate surface area is 209 Å². The SMILES string of the molecule is CC(C)C(NC(=O)C(N)CO)C(=O)NC(Cc1ccccc1)C(=O)NC(CCCN=C(N)N)C(=O)O. The smallest absolute Gasteiger partial charge is 0.326 e. The molecule has 1 aromatic rings. The van der Waals surface area contributed by atoms with Crippen molar-refractivity contribution in [1.29, 1.82) is 0 Å². The van der Waals surface area contributed by atoms with E-state index in [1.54, 1.807) is 44.2 Å². The van der Waals surface area contributed by atoms with Gasteiger partial charge in [0.25, 0.3) is 0 Å². The number of nitrogens with two attached hydrogens (primary N) is 3. The van der Waals surface area contributed by atoms with Gasteiger partial charge in [0.05, 0.1) is 6.61 Å². The number of aliphatic hydroxyl groups excluding tert-OH is 1. The van der Waals surface area contributed by atoms with E-state index in [0.29, 0.717) is 6.42 Å². The van der Waals surface area contributed by atoms with Gasteiger partial charge < -0.3 is 43.4 Å². The lowest BCUT2D eigenvalue weighted by molar-refractivity contribution is -0.142. The Bertz CT molecular complexity index is 905. The number of nitrogens with zero attached hydrogens (tertiary/aromatic N) is 1. The highest BCUT2D eigenvalue weighted by Gasteiger charge is 2.31. The molecule has 0 saturated heterocycles. The summed E-state index contributed by atoms with van der Waals surface area (Å²) in [6.45, 7) is 2.98. The van der Waals surface area contributed by atoms with E-state index in [2.05, 4.69) is 20.9 Å². The molecule has 1 aromatic carbocycles. The van der Waals surface area contributed by atoms with Crippen molar-refractivity contribution in [1.82, 2.24) is 16.0 Å². The summed E-state index contributed by atoms with van der Waals surface area (Å²) in [7, 11) is 0. The van der Waals surface area contributed by atoms with Gasteiger partial charge in [-0.15, -0.1) is 0 Å². The van der Waals surface area contributed by atoms with Crippen molar-refractivity contribution >= 4 is 29.7 Å². The summed E-state index contributed by atoms with van der Waals surface area (Å²) in [5, 5.41) is 26.2. The van der Waals surface area contributed by atoms with Crippen molar-refractivity contribution in [2.24, 2.45) is 28.1 Å². The zero-order valence-electron chi connectivity index (χ0n) is 20.5. The van der Waals surface area contributed by atoms with Gasteiger partial charge in [0, 0.05) is 13.0 Å². The van der Waals surface area contributed by atoms with Gasteiger partial charge in [-0.2, -0.15) is 0 Å². The molecule has 0 radical (unpaired) electrons. The normalized spacial score (nSPS) is 14.1. The van der Waals surface area contributed by atoms with Crippen LogP contribution in [0.25, 0.3) is 0 Å². The van der Waals surface area contributed by atoms with Crippen LogP contribution in [0, 0.1) is 5.92 Å². The van der Waals surface area contributed by atoms with E-state index >= 15 is 0 Å². The van der Waals surface area contributed by atoms with E-state index in [4.69, 9.17) is 22.3 Å². The second-order valence-electron chi connectivity index (χ2n) is 8.62. The van der Waals surface area contributed by atoms with Crippen molar-refractivity contribution in [3.8, 4) is 0 Å². The number of aliphatic carboxylic acids is 1. The lowest BCUT2D eigenvalue weighted by Gasteiger charge is -2.27. The number of hydrogen-bond donors (Lipinski definition) is 8. The third-order valence-electron chi connectivity index (χ3n) is 5.26. The van der Waals surface area contributed by atoms with Crippen LogP contribution in [0.2, 0.25) is 0 Å². The number of carboxylic acid groups (broad SMARTS) is 1. The maximum atomic E-state index is 13.1. The van der Waals surface area contributed by atoms with Crippen LogP contribution >= 0.6 is 0 Å². The van der Waals surface area contributed by atoms with Crippen molar-refractivity contribution in [3.63, 3.8) is 0 Å². The summed E-state index contributed by atoms with van der Waals surface area (Å²) < 4.78 is 0. The Hall–Kier alpha value is -3.71. The number of benzene rings is 1. The molecular formula is C23H37N7O6. The molecule has 0 fully saturated rings. The molecule has 0 aliphatic carbocycles. The highest BCUT2D eigenvalue weighted by Crippen LogP contribution is 2.08. The number of carbonyl (C=O) groups is 4. The fourth-order valence-electron chi connectivity index (χ4n) is 3.23. The highest BCUT2D eigenvalue weighted by atomic mass is 16.4. The number of nitrogens with one attached hydrogen (secondary N) is 3. The average molecular weight is 508 g/mol. The molecule has 0 spiro atoms. The topological polar surface area (TPSA) is 235 Å². The molecule has 200 valence electrons.